The number of hydrogen-bond donors (Lipinski definition) is 2. The summed E-state index contributed by atoms with van der Waals surface area (Å²) in [6.07, 6.45) is -1.18. The van der Waals surface area contributed by atoms with Crippen LogP contribution in [0.25, 0.3) is 0 Å². The van der Waals surface area contributed by atoms with Gasteiger partial charge in [-0.3, -0.25) is 0 Å². The normalized spacial score (nSPS) is 12.3. The predicted molar refractivity (Wildman–Crippen MR) is 39.6 cm³/mol. The van der Waals surface area contributed by atoms with Crippen LogP contribution in [-0.4, -0.2) is 18.1 Å². The summed E-state index contributed by atoms with van der Waals surface area (Å²) >= 11 is 0. The third-order valence-electron chi connectivity index (χ3n) is 1.20. The van der Waals surface area contributed by atoms with Gasteiger partial charge in [-0.2, -0.15) is 0 Å². The van der Waals surface area contributed by atoms with Crippen molar-refractivity contribution in [3.05, 3.63) is 0 Å². The van der Waals surface area contributed by atoms with Crippen molar-refractivity contribution in [3.8, 4) is 0 Å². The maximum Gasteiger partial charge on any atom is 0.447 e. The van der Waals surface area contributed by atoms with Gasteiger partial charge in [0.2, 0.25) is 0 Å². The van der Waals surface area contributed by atoms with Crippen LogP contribution in [0.2, 0.25) is 0 Å². The number of amides is 1. The van der Waals surface area contributed by atoms with Crippen molar-refractivity contribution in [1.82, 2.24) is 0 Å². The van der Waals surface area contributed by atoms with E-state index in [9.17, 15) is 9.59 Å². The van der Waals surface area contributed by atoms with Crippen LogP contribution in [0.4, 0.5) is 4.79 Å². The van der Waals surface area contributed by atoms with Gasteiger partial charge in [0.05, 0.1) is 0 Å². The van der Waals surface area contributed by atoms with Gasteiger partial charge in [-0.15, -0.1) is 0 Å². The Bertz CT molecular complexity index is 180. The summed E-state index contributed by atoms with van der Waals surface area (Å²) in [6.45, 7) is 3.46. The van der Waals surface area contributed by atoms with Crippen LogP contribution in [0.5, 0.6) is 0 Å². The van der Waals surface area contributed by atoms with Crippen LogP contribution >= 0.6 is 0 Å². The molecule has 0 aliphatic carbocycles. The molecule has 0 aromatic heterocycles. The number of carbonyl (C=O) groups excluding carboxylic acids is 2. The van der Waals surface area contributed by atoms with E-state index in [4.69, 9.17) is 5.73 Å². The Kier molecular flexibility index (Phi) is 4.06. The predicted octanol–water partition coefficient (Wildman–Crippen LogP) is -0.477. The summed E-state index contributed by atoms with van der Waals surface area (Å²) in [5.41, 5.74) is 9.88. The van der Waals surface area contributed by atoms with E-state index < -0.39 is 18.1 Å². The van der Waals surface area contributed by atoms with Crippen LogP contribution < -0.4 is 11.5 Å². The molecule has 0 spiro atoms. The second-order valence-corrected chi connectivity index (χ2v) is 2.57. The molecule has 0 saturated carbocycles. The molecule has 6 nitrogen and oxygen atoms in total. The largest absolute Gasteiger partial charge is 0.447 e. The van der Waals surface area contributed by atoms with E-state index in [2.05, 4.69) is 15.5 Å². The molecule has 0 aliphatic heterocycles. The molecule has 0 saturated heterocycles. The Morgan fingerprint density at radius 3 is 2.08 bits per heavy atom. The lowest BCUT2D eigenvalue weighted by atomic mass is 10.1. The highest BCUT2D eigenvalue weighted by Crippen LogP contribution is 2.00. The highest BCUT2D eigenvalue weighted by molar-refractivity contribution is 5.76. The molecule has 0 aliphatic rings. The van der Waals surface area contributed by atoms with Crippen molar-refractivity contribution >= 4 is 12.1 Å². The molecule has 4 N–H and O–H groups in total. The summed E-state index contributed by atoms with van der Waals surface area (Å²) in [4.78, 5) is 28.6. The maximum absolute atomic E-state index is 10.8. The molecule has 12 heavy (non-hydrogen) atoms. The van der Waals surface area contributed by atoms with E-state index in [1.165, 1.54) is 0 Å². The molecule has 0 fully saturated rings. The van der Waals surface area contributed by atoms with Crippen molar-refractivity contribution < 1.29 is 19.4 Å². The monoisotopic (exact) mass is 176 g/mol. The topological polar surface area (TPSA) is 105 Å². The van der Waals surface area contributed by atoms with E-state index in [0.717, 1.165) is 0 Å². The van der Waals surface area contributed by atoms with Crippen molar-refractivity contribution in [2.24, 2.45) is 17.4 Å². The quantitative estimate of drug-likeness (QED) is 0.437. The molecule has 0 heterocycles. The van der Waals surface area contributed by atoms with Crippen LogP contribution in [0, 0.1) is 5.92 Å². The third-order valence-corrected chi connectivity index (χ3v) is 1.20. The number of hydrogen-bond acceptors (Lipinski definition) is 5. The van der Waals surface area contributed by atoms with Crippen LogP contribution in [0.15, 0.2) is 0 Å². The Labute approximate surface area is 69.7 Å². The Hall–Kier alpha value is -1.30. The van der Waals surface area contributed by atoms with E-state index in [0.29, 0.717) is 0 Å². The molecule has 0 unspecified atom stereocenters. The van der Waals surface area contributed by atoms with E-state index in [-0.39, 0.29) is 5.92 Å². The zero-order valence-electron chi connectivity index (χ0n) is 6.94. The van der Waals surface area contributed by atoms with Gasteiger partial charge in [-0.25, -0.2) is 19.4 Å². The lowest BCUT2D eigenvalue weighted by Crippen LogP contribution is -2.37. The van der Waals surface area contributed by atoms with E-state index in [1.54, 1.807) is 13.8 Å². The zero-order valence-corrected chi connectivity index (χ0v) is 6.94. The van der Waals surface area contributed by atoms with Gasteiger partial charge in [-0.05, 0) is 5.92 Å². The lowest BCUT2D eigenvalue weighted by molar-refractivity contribution is -0.233. The summed E-state index contributed by atoms with van der Waals surface area (Å²) in [5.74, 6) is -0.905. The molecule has 0 aromatic rings. The van der Waals surface area contributed by atoms with Crippen LogP contribution in [0.1, 0.15) is 13.8 Å². The van der Waals surface area contributed by atoms with Gasteiger partial charge in [0.1, 0.15) is 6.04 Å². The first-order valence-electron chi connectivity index (χ1n) is 3.38. The van der Waals surface area contributed by atoms with Crippen molar-refractivity contribution in [2.45, 2.75) is 19.9 Å². The minimum absolute atomic E-state index is 0.0889. The highest BCUT2D eigenvalue weighted by Gasteiger charge is 2.20. The standard InChI is InChI=1S/C6H12N2O4/c1-3(2)4(7)5(9)11-12-6(8)10/h3-4H,7H2,1-2H3,(H2,8,10)/t4-/m0/s1. The number of primary amides is 1. The van der Waals surface area contributed by atoms with E-state index in [1.807, 2.05) is 0 Å². The Morgan fingerprint density at radius 1 is 1.25 bits per heavy atom. The molecule has 1 atom stereocenters. The van der Waals surface area contributed by atoms with Gasteiger partial charge in [0, 0.05) is 0 Å². The summed E-state index contributed by atoms with van der Waals surface area (Å²) < 4.78 is 0. The van der Waals surface area contributed by atoms with Crippen molar-refractivity contribution in [2.75, 3.05) is 0 Å². The smallest absolute Gasteiger partial charge is 0.332 e. The SMILES string of the molecule is CC(C)[C@H](N)C(=O)OOC(N)=O. The summed E-state index contributed by atoms with van der Waals surface area (Å²) in [5, 5.41) is 0. The fraction of sp³-hybridized carbons (Fsp3) is 0.667. The fourth-order valence-electron chi connectivity index (χ4n) is 0.410. The second-order valence-electron chi connectivity index (χ2n) is 2.57. The second kappa shape index (κ2) is 4.55. The zero-order chi connectivity index (χ0) is 9.72. The van der Waals surface area contributed by atoms with Crippen molar-refractivity contribution in [3.63, 3.8) is 0 Å². The lowest BCUT2D eigenvalue weighted by Gasteiger charge is -2.11. The van der Waals surface area contributed by atoms with Crippen LogP contribution in [0.3, 0.4) is 0 Å². The summed E-state index contributed by atoms with van der Waals surface area (Å²) in [7, 11) is 0. The fourth-order valence-corrected chi connectivity index (χ4v) is 0.410. The van der Waals surface area contributed by atoms with Gasteiger partial charge < -0.3 is 11.5 Å². The molecular formula is C6H12N2O4. The molecule has 1 amide bonds. The molecule has 0 radical (unpaired) electrons. The van der Waals surface area contributed by atoms with Gasteiger partial charge in [0.15, 0.2) is 0 Å². The molecule has 0 rings (SSSR count). The number of rotatable bonds is 2. The molecule has 6 heteroatoms. The minimum Gasteiger partial charge on any atom is -0.332 e. The summed E-state index contributed by atoms with van der Waals surface area (Å²) in [6, 6.07) is -0.815. The molecule has 0 bridgehead atoms. The maximum atomic E-state index is 10.8. The first-order valence-corrected chi connectivity index (χ1v) is 3.38. The Balaban J connectivity index is 3.80. The average molecular weight is 176 g/mol. The number of nitrogens with two attached hydrogens (primary N) is 2. The molecule has 0 aromatic carbocycles. The highest BCUT2D eigenvalue weighted by atomic mass is 17.2. The van der Waals surface area contributed by atoms with Gasteiger partial charge >= 0.3 is 12.1 Å². The minimum atomic E-state index is -1.18. The van der Waals surface area contributed by atoms with Gasteiger partial charge in [0.25, 0.3) is 0 Å². The molecule has 70 valence electrons. The number of carbonyl (C=O) groups is 2. The van der Waals surface area contributed by atoms with E-state index >= 15 is 0 Å². The van der Waals surface area contributed by atoms with Crippen molar-refractivity contribution in [1.29, 1.82) is 0 Å². The first-order chi connectivity index (χ1) is 5.45. The molecular weight excluding hydrogens is 164 g/mol. The van der Waals surface area contributed by atoms with Gasteiger partial charge in [-0.1, -0.05) is 13.8 Å². The Morgan fingerprint density at radius 2 is 1.75 bits per heavy atom. The van der Waals surface area contributed by atoms with Crippen LogP contribution in [-0.2, 0) is 14.6 Å². The first kappa shape index (κ1) is 10.7. The average Bonchev–Trinajstić information content (AvgIpc) is 1.98. The third kappa shape index (κ3) is 3.77.